The van der Waals surface area contributed by atoms with Gasteiger partial charge in [0.05, 0.1) is 0 Å². The molecule has 1 amide bonds. The summed E-state index contributed by atoms with van der Waals surface area (Å²) in [5, 5.41) is 5.40. The molecule has 3 nitrogen and oxygen atoms in total. The summed E-state index contributed by atoms with van der Waals surface area (Å²) in [6.45, 7) is 2.91. The fraction of sp³-hybridized carbons (Fsp3) is 0.154. The summed E-state index contributed by atoms with van der Waals surface area (Å²) < 4.78 is 0. The highest BCUT2D eigenvalue weighted by atomic mass is 32.1. The first-order valence-electron chi connectivity index (χ1n) is 5.33. The average Bonchev–Trinajstić information content (AvgIpc) is 2.73. The molecular formula is C13H14N2OS. The third-order valence-electron chi connectivity index (χ3n) is 2.59. The fourth-order valence-corrected chi connectivity index (χ4v) is 2.37. The van der Waals surface area contributed by atoms with Crippen LogP contribution in [0.5, 0.6) is 0 Å². The number of nitrogens with one attached hydrogen (secondary N) is 1. The smallest absolute Gasteiger partial charge is 0.248 e. The molecule has 88 valence electrons. The van der Waals surface area contributed by atoms with Crippen LogP contribution in [-0.2, 0) is 6.54 Å². The predicted octanol–water partition coefficient (Wildman–Crippen LogP) is 2.77. The molecule has 2 aromatic rings. The average molecular weight is 246 g/mol. The van der Waals surface area contributed by atoms with Gasteiger partial charge in [-0.25, -0.2) is 0 Å². The van der Waals surface area contributed by atoms with E-state index in [-0.39, 0.29) is 0 Å². The number of benzene rings is 1. The fourth-order valence-electron chi connectivity index (χ4n) is 1.52. The molecule has 0 saturated carbocycles. The van der Waals surface area contributed by atoms with Crippen molar-refractivity contribution in [3.63, 3.8) is 0 Å². The number of thiophene rings is 1. The van der Waals surface area contributed by atoms with Gasteiger partial charge in [0.1, 0.15) is 0 Å². The Balaban J connectivity index is 2.00. The number of carbonyl (C=O) groups excluding carboxylic acids is 1. The zero-order valence-electron chi connectivity index (χ0n) is 9.57. The Morgan fingerprint density at radius 3 is 2.53 bits per heavy atom. The lowest BCUT2D eigenvalue weighted by molar-refractivity contribution is 0.100. The van der Waals surface area contributed by atoms with Crippen LogP contribution < -0.4 is 11.1 Å². The zero-order chi connectivity index (χ0) is 12.3. The van der Waals surface area contributed by atoms with Gasteiger partial charge in [-0.15, -0.1) is 11.3 Å². The maximum atomic E-state index is 10.9. The molecule has 0 aliphatic rings. The van der Waals surface area contributed by atoms with Crippen molar-refractivity contribution in [3.8, 4) is 0 Å². The van der Waals surface area contributed by atoms with E-state index in [4.69, 9.17) is 5.73 Å². The first-order valence-corrected chi connectivity index (χ1v) is 6.21. The minimum atomic E-state index is -0.398. The number of amides is 1. The van der Waals surface area contributed by atoms with Gasteiger partial charge in [0.25, 0.3) is 0 Å². The summed E-state index contributed by atoms with van der Waals surface area (Å²) in [7, 11) is 0. The summed E-state index contributed by atoms with van der Waals surface area (Å²) in [5.41, 5.74) is 8.00. The van der Waals surface area contributed by atoms with Gasteiger partial charge in [-0.05, 0) is 48.2 Å². The Kier molecular flexibility index (Phi) is 3.44. The number of hydrogen-bond donors (Lipinski definition) is 2. The van der Waals surface area contributed by atoms with E-state index >= 15 is 0 Å². The minimum absolute atomic E-state index is 0.398. The molecule has 3 N–H and O–H groups in total. The second kappa shape index (κ2) is 5.01. The standard InChI is InChI=1S/C13H14N2OS/c1-9-6-7-17-12(9)8-15-11-4-2-10(3-5-11)13(14)16/h2-7,15H,8H2,1H3,(H2,14,16). The first-order chi connectivity index (χ1) is 8.16. The monoisotopic (exact) mass is 246 g/mol. The molecule has 0 radical (unpaired) electrons. The van der Waals surface area contributed by atoms with Crippen molar-refractivity contribution in [1.82, 2.24) is 0 Å². The second-order valence-electron chi connectivity index (χ2n) is 3.82. The number of primary amides is 1. The highest BCUT2D eigenvalue weighted by Crippen LogP contribution is 2.17. The molecule has 0 unspecified atom stereocenters. The molecule has 0 aliphatic heterocycles. The SMILES string of the molecule is Cc1ccsc1CNc1ccc(C(N)=O)cc1. The molecule has 0 bridgehead atoms. The van der Waals surface area contributed by atoms with Crippen LogP contribution in [0, 0.1) is 6.92 Å². The largest absolute Gasteiger partial charge is 0.380 e. The van der Waals surface area contributed by atoms with Crippen LogP contribution in [-0.4, -0.2) is 5.91 Å². The van der Waals surface area contributed by atoms with Crippen molar-refractivity contribution >= 4 is 22.9 Å². The lowest BCUT2D eigenvalue weighted by Gasteiger charge is -2.06. The van der Waals surface area contributed by atoms with E-state index in [1.54, 1.807) is 23.5 Å². The molecule has 4 heteroatoms. The molecule has 0 spiro atoms. The summed E-state index contributed by atoms with van der Waals surface area (Å²) in [6, 6.07) is 9.29. The Morgan fingerprint density at radius 2 is 2.00 bits per heavy atom. The van der Waals surface area contributed by atoms with Crippen molar-refractivity contribution in [2.24, 2.45) is 5.73 Å². The van der Waals surface area contributed by atoms with Crippen molar-refractivity contribution in [3.05, 3.63) is 51.7 Å². The Labute approximate surface area is 104 Å². The van der Waals surface area contributed by atoms with Gasteiger partial charge in [0, 0.05) is 22.7 Å². The zero-order valence-corrected chi connectivity index (χ0v) is 10.4. The van der Waals surface area contributed by atoms with E-state index in [2.05, 4.69) is 23.7 Å². The molecule has 1 heterocycles. The highest BCUT2D eigenvalue weighted by molar-refractivity contribution is 7.10. The third-order valence-corrected chi connectivity index (χ3v) is 3.61. The number of rotatable bonds is 4. The van der Waals surface area contributed by atoms with E-state index in [9.17, 15) is 4.79 Å². The van der Waals surface area contributed by atoms with Crippen LogP contribution in [0.25, 0.3) is 0 Å². The van der Waals surface area contributed by atoms with Gasteiger partial charge in [-0.2, -0.15) is 0 Å². The maximum absolute atomic E-state index is 10.9. The van der Waals surface area contributed by atoms with Crippen LogP contribution in [0.15, 0.2) is 35.7 Å². The van der Waals surface area contributed by atoms with Crippen molar-refractivity contribution in [2.45, 2.75) is 13.5 Å². The topological polar surface area (TPSA) is 55.1 Å². The summed E-state index contributed by atoms with van der Waals surface area (Å²) in [4.78, 5) is 12.2. The predicted molar refractivity (Wildman–Crippen MR) is 71.3 cm³/mol. The summed E-state index contributed by atoms with van der Waals surface area (Å²) >= 11 is 1.74. The Bertz CT molecular complexity index is 516. The van der Waals surface area contributed by atoms with E-state index in [1.807, 2.05) is 12.1 Å². The molecule has 17 heavy (non-hydrogen) atoms. The highest BCUT2D eigenvalue weighted by Gasteiger charge is 2.01. The molecular weight excluding hydrogens is 232 g/mol. The number of hydrogen-bond acceptors (Lipinski definition) is 3. The molecule has 0 aliphatic carbocycles. The van der Waals surface area contributed by atoms with Gasteiger partial charge < -0.3 is 11.1 Å². The van der Waals surface area contributed by atoms with Gasteiger partial charge in [0.15, 0.2) is 0 Å². The van der Waals surface area contributed by atoms with Gasteiger partial charge in [-0.3, -0.25) is 4.79 Å². The molecule has 1 aromatic carbocycles. The lowest BCUT2D eigenvalue weighted by Crippen LogP contribution is -2.10. The van der Waals surface area contributed by atoms with Gasteiger partial charge >= 0.3 is 0 Å². The number of aryl methyl sites for hydroxylation is 1. The van der Waals surface area contributed by atoms with E-state index in [1.165, 1.54) is 10.4 Å². The maximum Gasteiger partial charge on any atom is 0.248 e. The minimum Gasteiger partial charge on any atom is -0.380 e. The molecule has 0 atom stereocenters. The normalized spacial score (nSPS) is 10.2. The van der Waals surface area contributed by atoms with Crippen molar-refractivity contribution in [2.75, 3.05) is 5.32 Å². The third kappa shape index (κ3) is 2.85. The van der Waals surface area contributed by atoms with Gasteiger partial charge in [0.2, 0.25) is 5.91 Å². The van der Waals surface area contributed by atoms with Crippen LogP contribution in [0.3, 0.4) is 0 Å². The quantitative estimate of drug-likeness (QED) is 0.871. The summed E-state index contributed by atoms with van der Waals surface area (Å²) in [6.07, 6.45) is 0. The number of nitrogens with two attached hydrogens (primary N) is 1. The van der Waals surface area contributed by atoms with Crippen molar-refractivity contribution in [1.29, 1.82) is 0 Å². The molecule has 0 saturated heterocycles. The lowest BCUT2D eigenvalue weighted by atomic mass is 10.2. The Hall–Kier alpha value is -1.81. The number of carbonyl (C=O) groups is 1. The second-order valence-corrected chi connectivity index (χ2v) is 4.82. The van der Waals surface area contributed by atoms with Crippen molar-refractivity contribution < 1.29 is 4.79 Å². The van der Waals surface area contributed by atoms with Crippen LogP contribution in [0.1, 0.15) is 20.8 Å². The Morgan fingerprint density at radius 1 is 1.29 bits per heavy atom. The van der Waals surface area contributed by atoms with E-state index in [0.29, 0.717) is 5.56 Å². The molecule has 1 aromatic heterocycles. The molecule has 2 rings (SSSR count). The van der Waals surface area contributed by atoms with Crippen LogP contribution in [0.4, 0.5) is 5.69 Å². The van der Waals surface area contributed by atoms with Gasteiger partial charge in [-0.1, -0.05) is 0 Å². The number of anilines is 1. The van der Waals surface area contributed by atoms with Crippen LogP contribution >= 0.6 is 11.3 Å². The first kappa shape index (κ1) is 11.7. The van der Waals surface area contributed by atoms with Crippen LogP contribution in [0.2, 0.25) is 0 Å². The van der Waals surface area contributed by atoms with E-state index in [0.717, 1.165) is 12.2 Å². The molecule has 0 fully saturated rings. The summed E-state index contributed by atoms with van der Waals surface area (Å²) in [5.74, 6) is -0.398. The van der Waals surface area contributed by atoms with E-state index < -0.39 is 5.91 Å².